The van der Waals surface area contributed by atoms with Crippen LogP contribution in [0, 0.1) is 5.92 Å². The molecule has 0 spiro atoms. The van der Waals surface area contributed by atoms with E-state index in [-0.39, 0.29) is 0 Å². The van der Waals surface area contributed by atoms with Crippen LogP contribution < -0.4 is 5.73 Å². The van der Waals surface area contributed by atoms with Crippen LogP contribution in [0.4, 0.5) is 0 Å². The molecule has 2 unspecified atom stereocenters. The van der Waals surface area contributed by atoms with Crippen molar-refractivity contribution in [3.63, 3.8) is 0 Å². The van der Waals surface area contributed by atoms with Crippen molar-refractivity contribution < 1.29 is 0 Å². The molecule has 0 radical (unpaired) electrons. The van der Waals surface area contributed by atoms with Gasteiger partial charge >= 0.3 is 0 Å². The van der Waals surface area contributed by atoms with Crippen molar-refractivity contribution in [3.8, 4) is 0 Å². The number of hydrogen-bond donors (Lipinski definition) is 1. The first-order valence-corrected chi connectivity index (χ1v) is 7.87. The van der Waals surface area contributed by atoms with Crippen molar-refractivity contribution in [3.05, 3.63) is 0 Å². The van der Waals surface area contributed by atoms with Gasteiger partial charge in [-0.05, 0) is 18.8 Å². The minimum Gasteiger partial charge on any atom is -0.329 e. The minimum absolute atomic E-state index is 0.616. The van der Waals surface area contributed by atoms with E-state index in [2.05, 4.69) is 30.6 Å². The molecule has 1 aliphatic heterocycles. The van der Waals surface area contributed by atoms with Crippen molar-refractivity contribution in [1.29, 1.82) is 0 Å². The molecule has 1 aliphatic rings. The highest BCUT2D eigenvalue weighted by Gasteiger charge is 2.22. The molecule has 3 nitrogen and oxygen atoms in total. The molecule has 3 heteroatoms. The monoisotopic (exact) mass is 255 g/mol. The van der Waals surface area contributed by atoms with Gasteiger partial charge in [0.25, 0.3) is 0 Å². The number of nitrogens with two attached hydrogens (primary N) is 1. The van der Waals surface area contributed by atoms with Gasteiger partial charge in [-0.25, -0.2) is 0 Å². The summed E-state index contributed by atoms with van der Waals surface area (Å²) >= 11 is 0. The summed E-state index contributed by atoms with van der Waals surface area (Å²) in [5, 5.41) is 0. The van der Waals surface area contributed by atoms with Gasteiger partial charge in [0.1, 0.15) is 0 Å². The van der Waals surface area contributed by atoms with Crippen LogP contribution in [0.3, 0.4) is 0 Å². The minimum atomic E-state index is 0.616. The fourth-order valence-electron chi connectivity index (χ4n) is 3.12. The lowest BCUT2D eigenvalue weighted by Gasteiger charge is -2.39. The molecule has 1 heterocycles. The predicted molar refractivity (Wildman–Crippen MR) is 79.8 cm³/mol. The molecule has 2 atom stereocenters. The predicted octanol–water partition coefficient (Wildman–Crippen LogP) is 2.17. The fourth-order valence-corrected chi connectivity index (χ4v) is 3.12. The Bertz CT molecular complexity index is 200. The summed E-state index contributed by atoms with van der Waals surface area (Å²) in [6, 6.07) is 0.616. The molecule has 2 N–H and O–H groups in total. The largest absolute Gasteiger partial charge is 0.329 e. The molecule has 0 bridgehead atoms. The van der Waals surface area contributed by atoms with E-state index in [1.54, 1.807) is 0 Å². The van der Waals surface area contributed by atoms with Gasteiger partial charge in [0.05, 0.1) is 0 Å². The van der Waals surface area contributed by atoms with E-state index in [1.165, 1.54) is 58.4 Å². The average molecular weight is 255 g/mol. The molecule has 0 aliphatic carbocycles. The van der Waals surface area contributed by atoms with Crippen LogP contribution in [-0.2, 0) is 0 Å². The quantitative estimate of drug-likeness (QED) is 0.721. The van der Waals surface area contributed by atoms with Gasteiger partial charge in [0, 0.05) is 45.3 Å². The molecule has 1 rings (SSSR count). The van der Waals surface area contributed by atoms with Gasteiger partial charge in [-0.2, -0.15) is 0 Å². The van der Waals surface area contributed by atoms with Crippen LogP contribution in [0.25, 0.3) is 0 Å². The second-order valence-electron chi connectivity index (χ2n) is 5.91. The number of piperazine rings is 1. The molecule has 0 saturated carbocycles. The van der Waals surface area contributed by atoms with E-state index in [9.17, 15) is 0 Å². The number of hydrogen-bond acceptors (Lipinski definition) is 3. The van der Waals surface area contributed by atoms with Crippen LogP contribution >= 0.6 is 0 Å². The molecule has 1 saturated heterocycles. The molecule has 18 heavy (non-hydrogen) atoms. The van der Waals surface area contributed by atoms with Crippen molar-refractivity contribution in [2.75, 3.05) is 39.3 Å². The number of rotatable bonds is 8. The second kappa shape index (κ2) is 8.89. The topological polar surface area (TPSA) is 32.5 Å². The van der Waals surface area contributed by atoms with Crippen LogP contribution in [0.2, 0.25) is 0 Å². The molecular formula is C15H33N3. The first kappa shape index (κ1) is 15.9. The Labute approximate surface area is 114 Å². The normalized spacial score (nSPS) is 22.0. The fraction of sp³-hybridized carbons (Fsp3) is 1.00. The summed E-state index contributed by atoms with van der Waals surface area (Å²) in [5.74, 6) is 0.850. The van der Waals surface area contributed by atoms with Crippen LogP contribution in [0.5, 0.6) is 0 Å². The maximum absolute atomic E-state index is 5.89. The highest BCUT2D eigenvalue weighted by Crippen LogP contribution is 2.13. The Balaban J connectivity index is 2.27. The zero-order valence-electron chi connectivity index (χ0n) is 12.7. The van der Waals surface area contributed by atoms with Gasteiger partial charge in [-0.3, -0.25) is 4.90 Å². The van der Waals surface area contributed by atoms with Crippen LogP contribution in [-0.4, -0.2) is 55.1 Å². The van der Waals surface area contributed by atoms with Crippen molar-refractivity contribution >= 4 is 0 Å². The summed E-state index contributed by atoms with van der Waals surface area (Å²) in [5.41, 5.74) is 5.89. The zero-order valence-corrected chi connectivity index (χ0v) is 12.7. The van der Waals surface area contributed by atoms with E-state index in [1.807, 2.05) is 0 Å². The molecular weight excluding hydrogens is 222 g/mol. The van der Waals surface area contributed by atoms with Gasteiger partial charge < -0.3 is 10.6 Å². The lowest BCUT2D eigenvalue weighted by molar-refractivity contribution is 0.0853. The van der Waals surface area contributed by atoms with E-state index >= 15 is 0 Å². The van der Waals surface area contributed by atoms with Gasteiger partial charge in [-0.1, -0.05) is 33.6 Å². The first-order chi connectivity index (χ1) is 8.71. The molecule has 0 amide bonds. The molecule has 108 valence electrons. The van der Waals surface area contributed by atoms with Crippen LogP contribution in [0.1, 0.15) is 46.5 Å². The summed E-state index contributed by atoms with van der Waals surface area (Å²) in [7, 11) is 0. The second-order valence-corrected chi connectivity index (χ2v) is 5.91. The highest BCUT2D eigenvalue weighted by molar-refractivity contribution is 4.79. The number of nitrogens with zero attached hydrogens (tertiary/aromatic N) is 2. The summed E-state index contributed by atoms with van der Waals surface area (Å²) in [6.07, 6.45) is 5.17. The maximum atomic E-state index is 5.89. The maximum Gasteiger partial charge on any atom is 0.0219 e. The van der Waals surface area contributed by atoms with E-state index < -0.39 is 0 Å². The lowest BCUT2D eigenvalue weighted by atomic mass is 10.0. The molecule has 0 aromatic carbocycles. The highest BCUT2D eigenvalue weighted by atomic mass is 15.3. The Morgan fingerprint density at radius 2 is 1.61 bits per heavy atom. The smallest absolute Gasteiger partial charge is 0.0219 e. The zero-order chi connectivity index (χ0) is 13.4. The van der Waals surface area contributed by atoms with Gasteiger partial charge in [-0.15, -0.1) is 0 Å². The third-order valence-corrected chi connectivity index (χ3v) is 4.17. The summed E-state index contributed by atoms with van der Waals surface area (Å²) in [4.78, 5) is 5.24. The summed E-state index contributed by atoms with van der Waals surface area (Å²) in [6.45, 7) is 13.9. The van der Waals surface area contributed by atoms with E-state index in [0.717, 1.165) is 12.5 Å². The van der Waals surface area contributed by atoms with Crippen LogP contribution in [0.15, 0.2) is 0 Å². The lowest BCUT2D eigenvalue weighted by Crippen LogP contribution is -2.52. The Morgan fingerprint density at radius 1 is 1.00 bits per heavy atom. The first-order valence-electron chi connectivity index (χ1n) is 7.87. The van der Waals surface area contributed by atoms with Crippen molar-refractivity contribution in [1.82, 2.24) is 9.80 Å². The Morgan fingerprint density at radius 3 is 2.11 bits per heavy atom. The average Bonchev–Trinajstić information content (AvgIpc) is 2.37. The molecule has 0 aromatic rings. The standard InChI is InChI=1S/C15H33N3/c1-4-6-14(3)13-17-8-10-18(11-9-17)15(12-16)7-5-2/h14-15H,4-13,16H2,1-3H3. The third kappa shape index (κ3) is 5.25. The third-order valence-electron chi connectivity index (χ3n) is 4.17. The SMILES string of the molecule is CCCC(C)CN1CCN(C(CN)CCC)CC1. The van der Waals surface area contributed by atoms with E-state index in [4.69, 9.17) is 5.73 Å². The van der Waals surface area contributed by atoms with Gasteiger partial charge in [0.2, 0.25) is 0 Å². The Hall–Kier alpha value is -0.120. The van der Waals surface area contributed by atoms with E-state index in [0.29, 0.717) is 6.04 Å². The Kier molecular flexibility index (Phi) is 7.87. The molecule has 0 aromatic heterocycles. The molecule has 1 fully saturated rings. The van der Waals surface area contributed by atoms with Crippen molar-refractivity contribution in [2.24, 2.45) is 11.7 Å². The summed E-state index contributed by atoms with van der Waals surface area (Å²) < 4.78 is 0. The van der Waals surface area contributed by atoms with Gasteiger partial charge in [0.15, 0.2) is 0 Å². The van der Waals surface area contributed by atoms with Crippen molar-refractivity contribution in [2.45, 2.75) is 52.5 Å².